The second kappa shape index (κ2) is 6.38. The fourth-order valence-electron chi connectivity index (χ4n) is 1.53. The van der Waals surface area contributed by atoms with Crippen LogP contribution < -0.4 is 14.2 Å². The maximum absolute atomic E-state index is 11.9. The molecule has 20 heavy (non-hydrogen) atoms. The highest BCUT2D eigenvalue weighted by molar-refractivity contribution is 5.91. The van der Waals surface area contributed by atoms with E-state index < -0.39 is 5.97 Å². The van der Waals surface area contributed by atoms with Gasteiger partial charge in [0.05, 0.1) is 12.7 Å². The Bertz CT molecular complexity index is 587. The molecule has 0 amide bonds. The van der Waals surface area contributed by atoms with E-state index in [1.165, 1.54) is 12.1 Å². The monoisotopic (exact) mass is 272 g/mol. The summed E-state index contributed by atoms with van der Waals surface area (Å²) in [5.74, 6) is 0.932. The molecule has 0 bridgehead atoms. The van der Waals surface area contributed by atoms with Gasteiger partial charge in [0.1, 0.15) is 17.2 Å². The van der Waals surface area contributed by atoms with Crippen LogP contribution in [-0.4, -0.2) is 19.6 Å². The first kappa shape index (κ1) is 13.6. The van der Waals surface area contributed by atoms with Gasteiger partial charge < -0.3 is 14.2 Å². The molecule has 0 radical (unpaired) electrons. The molecule has 0 heterocycles. The largest absolute Gasteiger partial charge is 0.497 e. The Morgan fingerprint density at radius 2 is 1.45 bits per heavy atom. The highest BCUT2D eigenvalue weighted by Gasteiger charge is 2.08. The average Bonchev–Trinajstić information content (AvgIpc) is 2.49. The van der Waals surface area contributed by atoms with E-state index in [4.69, 9.17) is 9.47 Å². The quantitative estimate of drug-likeness (QED) is 0.475. The van der Waals surface area contributed by atoms with E-state index in [0.717, 1.165) is 0 Å². The number of benzene rings is 2. The van der Waals surface area contributed by atoms with Gasteiger partial charge in [-0.1, -0.05) is 0 Å². The molecule has 0 N–H and O–H groups in total. The topological polar surface area (TPSA) is 61.8 Å². The van der Waals surface area contributed by atoms with Gasteiger partial charge in [-0.25, -0.2) is 4.79 Å². The zero-order valence-electron chi connectivity index (χ0n) is 10.7. The summed E-state index contributed by atoms with van der Waals surface area (Å²) >= 11 is 0. The molecule has 0 aromatic heterocycles. The maximum Gasteiger partial charge on any atom is 0.343 e. The van der Waals surface area contributed by atoms with Crippen LogP contribution in [0.5, 0.6) is 17.2 Å². The molecular weight excluding hydrogens is 260 g/mol. The Labute approximate surface area is 115 Å². The molecule has 102 valence electrons. The first-order valence-corrected chi connectivity index (χ1v) is 5.79. The fraction of sp³-hybridized carbons (Fsp3) is 0.0667. The number of carbonyl (C=O) groups excluding carboxylic acids is 2. The van der Waals surface area contributed by atoms with Crippen molar-refractivity contribution in [2.75, 3.05) is 7.11 Å². The Kier molecular flexibility index (Phi) is 4.34. The molecule has 0 spiro atoms. The van der Waals surface area contributed by atoms with E-state index in [9.17, 15) is 9.59 Å². The van der Waals surface area contributed by atoms with Crippen molar-refractivity contribution in [3.8, 4) is 17.2 Å². The second-order valence-corrected chi connectivity index (χ2v) is 3.80. The molecule has 0 unspecified atom stereocenters. The van der Waals surface area contributed by atoms with E-state index in [2.05, 4.69) is 4.74 Å². The summed E-state index contributed by atoms with van der Waals surface area (Å²) in [6.07, 6.45) is 0. The number of hydrogen-bond acceptors (Lipinski definition) is 5. The smallest absolute Gasteiger partial charge is 0.343 e. The van der Waals surface area contributed by atoms with Crippen LogP contribution in [-0.2, 0) is 4.79 Å². The molecule has 0 saturated heterocycles. The number of methoxy groups -OCH3 is 1. The molecule has 5 heteroatoms. The molecule has 2 rings (SSSR count). The minimum atomic E-state index is -0.475. The van der Waals surface area contributed by atoms with Gasteiger partial charge in [-0.3, -0.25) is 4.79 Å². The van der Waals surface area contributed by atoms with E-state index in [0.29, 0.717) is 29.3 Å². The van der Waals surface area contributed by atoms with E-state index in [-0.39, 0.29) is 0 Å². The molecule has 0 aliphatic heterocycles. The number of esters is 1. The lowest BCUT2D eigenvalue weighted by Crippen LogP contribution is -2.08. The summed E-state index contributed by atoms with van der Waals surface area (Å²) in [6.45, 7) is 0.332. The predicted molar refractivity (Wildman–Crippen MR) is 71.1 cm³/mol. The molecule has 5 nitrogen and oxygen atoms in total. The molecule has 0 atom stereocenters. The van der Waals surface area contributed by atoms with Crippen LogP contribution in [0.15, 0.2) is 48.5 Å². The van der Waals surface area contributed by atoms with Crippen molar-refractivity contribution >= 4 is 12.4 Å². The van der Waals surface area contributed by atoms with Crippen LogP contribution in [0, 0.1) is 0 Å². The highest BCUT2D eigenvalue weighted by Crippen LogP contribution is 2.19. The van der Waals surface area contributed by atoms with Crippen molar-refractivity contribution in [3.05, 3.63) is 54.1 Å². The summed E-state index contributed by atoms with van der Waals surface area (Å²) in [5, 5.41) is 0. The minimum Gasteiger partial charge on any atom is -0.497 e. The van der Waals surface area contributed by atoms with Crippen LogP contribution >= 0.6 is 0 Å². The van der Waals surface area contributed by atoms with E-state index in [1.807, 2.05) is 0 Å². The van der Waals surface area contributed by atoms with Crippen LogP contribution in [0.4, 0.5) is 0 Å². The van der Waals surface area contributed by atoms with Gasteiger partial charge in [-0.2, -0.15) is 0 Å². The molecule has 2 aromatic rings. The van der Waals surface area contributed by atoms with Gasteiger partial charge in [-0.05, 0) is 48.5 Å². The molecule has 0 aliphatic rings. The van der Waals surface area contributed by atoms with Crippen molar-refractivity contribution in [1.29, 1.82) is 0 Å². The Morgan fingerprint density at radius 1 is 0.900 bits per heavy atom. The summed E-state index contributed by atoms with van der Waals surface area (Å²) in [7, 11) is 1.55. The Hall–Kier alpha value is -2.82. The number of rotatable bonds is 5. The molecule has 0 saturated carbocycles. The summed E-state index contributed by atoms with van der Waals surface area (Å²) in [5.41, 5.74) is 0.416. The molecular formula is C15H12O5. The number of hydrogen-bond donors (Lipinski definition) is 0. The van der Waals surface area contributed by atoms with Crippen molar-refractivity contribution in [2.45, 2.75) is 0 Å². The normalized spacial score (nSPS) is 9.65. The SMILES string of the molecule is COc1ccc(C(=O)Oc2ccc(OC=O)cc2)cc1. The van der Waals surface area contributed by atoms with Crippen molar-refractivity contribution in [2.24, 2.45) is 0 Å². The number of carbonyl (C=O) groups is 2. The standard InChI is InChI=1S/C15H12O5/c1-18-12-4-2-11(3-5-12)15(17)20-14-8-6-13(7-9-14)19-10-16/h2-10H,1H3. The van der Waals surface area contributed by atoms with Crippen molar-refractivity contribution in [1.82, 2.24) is 0 Å². The third kappa shape index (κ3) is 3.35. The molecule has 0 aliphatic carbocycles. The summed E-state index contributed by atoms with van der Waals surface area (Å²) < 4.78 is 14.8. The third-order valence-electron chi connectivity index (χ3n) is 2.54. The highest BCUT2D eigenvalue weighted by atomic mass is 16.5. The summed E-state index contributed by atoms with van der Waals surface area (Å²) in [6, 6.07) is 12.7. The lowest BCUT2D eigenvalue weighted by atomic mass is 10.2. The van der Waals surface area contributed by atoms with Gasteiger partial charge in [0.25, 0.3) is 6.47 Å². The summed E-state index contributed by atoms with van der Waals surface area (Å²) in [4.78, 5) is 22.0. The fourth-order valence-corrected chi connectivity index (χ4v) is 1.53. The molecule has 0 fully saturated rings. The first-order chi connectivity index (χ1) is 9.72. The number of ether oxygens (including phenoxy) is 3. The van der Waals surface area contributed by atoms with Crippen LogP contribution in [0.1, 0.15) is 10.4 Å². The van der Waals surface area contributed by atoms with E-state index in [1.54, 1.807) is 43.5 Å². The lowest BCUT2D eigenvalue weighted by Gasteiger charge is -2.05. The average molecular weight is 272 g/mol. The molecule has 2 aromatic carbocycles. The van der Waals surface area contributed by atoms with Crippen LogP contribution in [0.2, 0.25) is 0 Å². The van der Waals surface area contributed by atoms with E-state index >= 15 is 0 Å². The predicted octanol–water partition coefficient (Wildman–Crippen LogP) is 2.45. The van der Waals surface area contributed by atoms with Gasteiger partial charge in [0, 0.05) is 0 Å². The zero-order chi connectivity index (χ0) is 14.4. The Morgan fingerprint density at radius 3 is 2.00 bits per heavy atom. The van der Waals surface area contributed by atoms with Gasteiger partial charge in [0.2, 0.25) is 0 Å². The Balaban J connectivity index is 2.04. The first-order valence-electron chi connectivity index (χ1n) is 5.79. The van der Waals surface area contributed by atoms with Gasteiger partial charge >= 0.3 is 5.97 Å². The van der Waals surface area contributed by atoms with Gasteiger partial charge in [-0.15, -0.1) is 0 Å². The third-order valence-corrected chi connectivity index (χ3v) is 2.54. The lowest BCUT2D eigenvalue weighted by molar-refractivity contribution is -0.120. The maximum atomic E-state index is 11.9. The van der Waals surface area contributed by atoms with Gasteiger partial charge in [0.15, 0.2) is 0 Å². The van der Waals surface area contributed by atoms with Crippen LogP contribution in [0.25, 0.3) is 0 Å². The minimum absolute atomic E-state index is 0.332. The van der Waals surface area contributed by atoms with Crippen molar-refractivity contribution in [3.63, 3.8) is 0 Å². The van der Waals surface area contributed by atoms with Crippen LogP contribution in [0.3, 0.4) is 0 Å². The zero-order valence-corrected chi connectivity index (χ0v) is 10.7. The van der Waals surface area contributed by atoms with Crippen molar-refractivity contribution < 1.29 is 23.8 Å². The second-order valence-electron chi connectivity index (χ2n) is 3.80.